The van der Waals surface area contributed by atoms with Crippen LogP contribution >= 0.6 is 0 Å². The van der Waals surface area contributed by atoms with Gasteiger partial charge in [0.2, 0.25) is 0 Å². The predicted molar refractivity (Wildman–Crippen MR) is 72.5 cm³/mol. The zero-order chi connectivity index (χ0) is 13.7. The molecule has 1 aromatic carbocycles. The van der Waals surface area contributed by atoms with E-state index in [1.54, 1.807) is 18.3 Å². The van der Waals surface area contributed by atoms with Gasteiger partial charge in [0.05, 0.1) is 12.2 Å². The topological polar surface area (TPSA) is 62.2 Å². The predicted octanol–water partition coefficient (Wildman–Crippen LogP) is 1.81. The molecule has 2 aromatic rings. The molecule has 0 unspecified atom stereocenters. The number of carbonyl (C=O) groups excluding carboxylic acids is 1. The van der Waals surface area contributed by atoms with Crippen molar-refractivity contribution in [2.45, 2.75) is 20.1 Å². The van der Waals surface area contributed by atoms with Crippen LogP contribution in [0.4, 0.5) is 0 Å². The minimum Gasteiger partial charge on any atom is -0.392 e. The minimum absolute atomic E-state index is 0.0296. The fraction of sp³-hybridized carbons (Fsp3) is 0.200. The maximum absolute atomic E-state index is 11.9. The average molecular weight is 256 g/mol. The highest BCUT2D eigenvalue weighted by Gasteiger charge is 2.06. The molecule has 0 radical (unpaired) electrons. The fourth-order valence-corrected chi connectivity index (χ4v) is 1.76. The Labute approximate surface area is 112 Å². The van der Waals surface area contributed by atoms with Gasteiger partial charge >= 0.3 is 0 Å². The molecule has 4 heteroatoms. The molecule has 0 aliphatic carbocycles. The number of aromatic nitrogens is 1. The van der Waals surface area contributed by atoms with Gasteiger partial charge < -0.3 is 10.4 Å². The first-order valence-corrected chi connectivity index (χ1v) is 6.09. The number of rotatable bonds is 4. The summed E-state index contributed by atoms with van der Waals surface area (Å²) in [6.07, 6.45) is 1.56. The van der Waals surface area contributed by atoms with Gasteiger partial charge in [-0.15, -0.1) is 0 Å². The number of aryl methyl sites for hydroxylation is 1. The van der Waals surface area contributed by atoms with E-state index in [2.05, 4.69) is 10.3 Å². The molecular formula is C15H16N2O2. The van der Waals surface area contributed by atoms with Crippen molar-refractivity contribution in [1.82, 2.24) is 10.3 Å². The molecule has 0 spiro atoms. The molecule has 0 fully saturated rings. The van der Waals surface area contributed by atoms with E-state index in [1.165, 1.54) is 0 Å². The molecule has 2 rings (SSSR count). The zero-order valence-corrected chi connectivity index (χ0v) is 10.8. The molecule has 19 heavy (non-hydrogen) atoms. The Hall–Kier alpha value is -2.20. The van der Waals surface area contributed by atoms with Crippen LogP contribution in [0.1, 0.15) is 27.2 Å². The molecule has 1 amide bonds. The smallest absolute Gasteiger partial charge is 0.253 e. The number of hydrogen-bond donors (Lipinski definition) is 2. The molecule has 0 atom stereocenters. The summed E-state index contributed by atoms with van der Waals surface area (Å²) < 4.78 is 0. The first-order chi connectivity index (χ1) is 9.20. The van der Waals surface area contributed by atoms with Gasteiger partial charge in [-0.3, -0.25) is 9.78 Å². The van der Waals surface area contributed by atoms with Crippen LogP contribution in [0.5, 0.6) is 0 Å². The number of nitrogens with one attached hydrogen (secondary N) is 1. The van der Waals surface area contributed by atoms with Crippen molar-refractivity contribution >= 4 is 5.91 Å². The van der Waals surface area contributed by atoms with Crippen molar-refractivity contribution in [2.24, 2.45) is 0 Å². The van der Waals surface area contributed by atoms with Gasteiger partial charge in [-0.05, 0) is 30.2 Å². The largest absolute Gasteiger partial charge is 0.392 e. The van der Waals surface area contributed by atoms with Gasteiger partial charge in [-0.25, -0.2) is 0 Å². The Kier molecular flexibility index (Phi) is 4.26. The van der Waals surface area contributed by atoms with E-state index in [-0.39, 0.29) is 12.5 Å². The summed E-state index contributed by atoms with van der Waals surface area (Å²) in [6.45, 7) is 2.24. The zero-order valence-electron chi connectivity index (χ0n) is 10.8. The number of pyridine rings is 1. The third kappa shape index (κ3) is 3.39. The van der Waals surface area contributed by atoms with Crippen LogP contribution in [0.2, 0.25) is 0 Å². The van der Waals surface area contributed by atoms with Gasteiger partial charge in [0.1, 0.15) is 0 Å². The van der Waals surface area contributed by atoms with E-state index < -0.39 is 0 Å². The van der Waals surface area contributed by atoms with Crippen LogP contribution in [0.25, 0.3) is 0 Å². The minimum atomic E-state index is -0.166. The number of carbonyl (C=O) groups is 1. The van der Waals surface area contributed by atoms with Gasteiger partial charge in [-0.1, -0.05) is 24.3 Å². The summed E-state index contributed by atoms with van der Waals surface area (Å²) in [4.78, 5) is 16.0. The molecule has 1 aromatic heterocycles. The summed E-state index contributed by atoms with van der Waals surface area (Å²) in [5.74, 6) is -0.166. The number of aliphatic hydroxyl groups excluding tert-OH is 1. The van der Waals surface area contributed by atoms with Gasteiger partial charge in [0.15, 0.2) is 0 Å². The molecule has 0 saturated heterocycles. The molecule has 0 aliphatic rings. The summed E-state index contributed by atoms with van der Waals surface area (Å²) in [7, 11) is 0. The standard InChI is InChI=1S/C15H16N2O2/c1-11-6-7-13(9-16-11)15(19)17-8-12-4-2-3-5-14(12)10-18/h2-7,9,18H,8,10H2,1H3,(H,17,19). The lowest BCUT2D eigenvalue weighted by molar-refractivity contribution is 0.0950. The van der Waals surface area contributed by atoms with Crippen molar-refractivity contribution in [3.8, 4) is 0 Å². The van der Waals surface area contributed by atoms with Crippen molar-refractivity contribution < 1.29 is 9.90 Å². The van der Waals surface area contributed by atoms with Crippen LogP contribution in [-0.2, 0) is 13.2 Å². The Balaban J connectivity index is 2.02. The van der Waals surface area contributed by atoms with Crippen molar-refractivity contribution in [1.29, 1.82) is 0 Å². The number of amides is 1. The van der Waals surface area contributed by atoms with Gasteiger partial charge in [-0.2, -0.15) is 0 Å². The van der Waals surface area contributed by atoms with Gasteiger partial charge in [0.25, 0.3) is 5.91 Å². The second-order valence-corrected chi connectivity index (χ2v) is 4.30. The van der Waals surface area contributed by atoms with E-state index in [0.717, 1.165) is 16.8 Å². The maximum Gasteiger partial charge on any atom is 0.253 e. The van der Waals surface area contributed by atoms with Crippen LogP contribution in [0, 0.1) is 6.92 Å². The summed E-state index contributed by atoms with van der Waals surface area (Å²) in [5, 5.41) is 12.0. The molecule has 2 N–H and O–H groups in total. The number of nitrogens with zero attached hydrogens (tertiary/aromatic N) is 1. The average Bonchev–Trinajstić information content (AvgIpc) is 2.45. The van der Waals surface area contributed by atoms with Crippen molar-refractivity contribution in [2.75, 3.05) is 0 Å². The van der Waals surface area contributed by atoms with Crippen LogP contribution < -0.4 is 5.32 Å². The summed E-state index contributed by atoms with van der Waals surface area (Å²) in [6, 6.07) is 11.0. The quantitative estimate of drug-likeness (QED) is 0.877. The van der Waals surface area contributed by atoms with E-state index >= 15 is 0 Å². The summed E-state index contributed by atoms with van der Waals surface area (Å²) in [5.41, 5.74) is 3.15. The van der Waals surface area contributed by atoms with Gasteiger partial charge in [0, 0.05) is 18.4 Å². The number of hydrogen-bond acceptors (Lipinski definition) is 3. The fourth-order valence-electron chi connectivity index (χ4n) is 1.76. The van der Waals surface area contributed by atoms with Crippen LogP contribution in [0.3, 0.4) is 0 Å². The van der Waals surface area contributed by atoms with Crippen molar-refractivity contribution in [3.05, 3.63) is 65.0 Å². The molecule has 98 valence electrons. The molecule has 0 bridgehead atoms. The van der Waals surface area contributed by atoms with E-state index in [0.29, 0.717) is 12.1 Å². The highest BCUT2D eigenvalue weighted by Crippen LogP contribution is 2.08. The Bertz CT molecular complexity index is 565. The van der Waals surface area contributed by atoms with E-state index in [9.17, 15) is 9.90 Å². The molecule has 0 saturated carbocycles. The number of aliphatic hydroxyl groups is 1. The Morgan fingerprint density at radius 2 is 1.95 bits per heavy atom. The van der Waals surface area contributed by atoms with Crippen LogP contribution in [-0.4, -0.2) is 16.0 Å². The Morgan fingerprint density at radius 1 is 1.21 bits per heavy atom. The second kappa shape index (κ2) is 6.11. The van der Waals surface area contributed by atoms with E-state index in [1.807, 2.05) is 31.2 Å². The number of benzene rings is 1. The highest BCUT2D eigenvalue weighted by atomic mass is 16.3. The monoisotopic (exact) mass is 256 g/mol. The molecule has 4 nitrogen and oxygen atoms in total. The first kappa shape index (κ1) is 13.2. The summed E-state index contributed by atoms with van der Waals surface area (Å²) >= 11 is 0. The molecular weight excluding hydrogens is 240 g/mol. The lowest BCUT2D eigenvalue weighted by Gasteiger charge is -2.09. The lowest BCUT2D eigenvalue weighted by atomic mass is 10.1. The van der Waals surface area contributed by atoms with Crippen molar-refractivity contribution in [3.63, 3.8) is 0 Å². The second-order valence-electron chi connectivity index (χ2n) is 4.30. The van der Waals surface area contributed by atoms with E-state index in [4.69, 9.17) is 0 Å². The Morgan fingerprint density at radius 3 is 2.58 bits per heavy atom. The normalized spacial score (nSPS) is 10.2. The molecule has 0 aliphatic heterocycles. The molecule has 1 heterocycles. The highest BCUT2D eigenvalue weighted by molar-refractivity contribution is 5.93. The lowest BCUT2D eigenvalue weighted by Crippen LogP contribution is -2.23. The SMILES string of the molecule is Cc1ccc(C(=O)NCc2ccccc2CO)cn1. The maximum atomic E-state index is 11.9. The third-order valence-corrected chi connectivity index (χ3v) is 2.90. The van der Waals surface area contributed by atoms with Crippen LogP contribution in [0.15, 0.2) is 42.6 Å². The third-order valence-electron chi connectivity index (χ3n) is 2.90. The first-order valence-electron chi connectivity index (χ1n) is 6.09.